The van der Waals surface area contributed by atoms with E-state index in [1.807, 2.05) is 17.5 Å². The molecule has 0 saturated carbocycles. The second kappa shape index (κ2) is 2.95. The first kappa shape index (κ1) is 8.24. The molecule has 3 aromatic heterocycles. The van der Waals surface area contributed by atoms with Crippen LogP contribution in [0.1, 0.15) is 0 Å². The molecule has 3 heterocycles. The average Bonchev–Trinajstić information content (AvgIpc) is 2.85. The molecule has 3 aromatic rings. The molecule has 15 heavy (non-hydrogen) atoms. The zero-order valence-corrected chi connectivity index (χ0v) is 8.22. The van der Waals surface area contributed by atoms with Gasteiger partial charge in [-0.25, -0.2) is 0 Å². The quantitative estimate of drug-likeness (QED) is 0.629. The summed E-state index contributed by atoms with van der Waals surface area (Å²) in [6.45, 7) is 0. The maximum atomic E-state index is 5.76. The first-order chi connectivity index (χ1) is 7.34. The van der Waals surface area contributed by atoms with E-state index in [0.717, 1.165) is 4.88 Å². The van der Waals surface area contributed by atoms with E-state index in [1.54, 1.807) is 0 Å². The van der Waals surface area contributed by atoms with Gasteiger partial charge in [-0.05, 0) is 21.9 Å². The highest BCUT2D eigenvalue weighted by atomic mass is 32.1. The first-order valence-electron chi connectivity index (χ1n) is 4.10. The Hall–Kier alpha value is -2.09. The molecule has 3 rings (SSSR count). The van der Waals surface area contributed by atoms with Crippen LogP contribution < -0.4 is 5.73 Å². The number of aromatic nitrogens is 6. The predicted molar refractivity (Wildman–Crippen MR) is 54.1 cm³/mol. The van der Waals surface area contributed by atoms with Gasteiger partial charge in [0.1, 0.15) is 5.69 Å². The van der Waals surface area contributed by atoms with Crippen LogP contribution in [0.15, 0.2) is 17.5 Å². The normalized spacial score (nSPS) is 10.9. The molecule has 74 valence electrons. The lowest BCUT2D eigenvalue weighted by atomic mass is 10.3. The van der Waals surface area contributed by atoms with Crippen molar-refractivity contribution < 1.29 is 0 Å². The lowest BCUT2D eigenvalue weighted by Crippen LogP contribution is -2.04. The van der Waals surface area contributed by atoms with Gasteiger partial charge in [0.2, 0.25) is 0 Å². The third-order valence-corrected chi connectivity index (χ3v) is 2.73. The van der Waals surface area contributed by atoms with E-state index in [1.165, 1.54) is 16.0 Å². The summed E-state index contributed by atoms with van der Waals surface area (Å²) in [7, 11) is 0. The Balaban J connectivity index is 2.30. The Morgan fingerprint density at radius 2 is 2.33 bits per heavy atom. The molecule has 0 aliphatic rings. The van der Waals surface area contributed by atoms with Gasteiger partial charge in [0.15, 0.2) is 5.82 Å². The van der Waals surface area contributed by atoms with Gasteiger partial charge in [0.05, 0.1) is 4.88 Å². The molecule has 7 nitrogen and oxygen atoms in total. The highest BCUT2D eigenvalue weighted by Gasteiger charge is 2.10. The number of tetrazole rings is 1. The number of anilines is 1. The molecule has 0 fully saturated rings. The molecule has 0 aliphatic heterocycles. The van der Waals surface area contributed by atoms with Gasteiger partial charge in [0, 0.05) is 0 Å². The third-order valence-electron chi connectivity index (χ3n) is 1.85. The average molecular weight is 219 g/mol. The van der Waals surface area contributed by atoms with E-state index in [0.29, 0.717) is 17.3 Å². The Kier molecular flexibility index (Phi) is 1.62. The molecular formula is C7H5N7S. The van der Waals surface area contributed by atoms with E-state index < -0.39 is 0 Å². The highest BCUT2D eigenvalue weighted by molar-refractivity contribution is 7.13. The minimum absolute atomic E-state index is 0.299. The maximum absolute atomic E-state index is 5.76. The smallest absolute Gasteiger partial charge is 0.293 e. The van der Waals surface area contributed by atoms with Crippen LogP contribution in [0.3, 0.4) is 0 Å². The molecule has 0 saturated heterocycles. The first-order valence-corrected chi connectivity index (χ1v) is 4.98. The van der Waals surface area contributed by atoms with Crippen LogP contribution in [0.25, 0.3) is 16.3 Å². The van der Waals surface area contributed by atoms with Gasteiger partial charge in [-0.3, -0.25) is 0 Å². The van der Waals surface area contributed by atoms with Crippen LogP contribution in [0.4, 0.5) is 5.82 Å². The Bertz CT molecular complexity index is 599. The molecule has 0 atom stereocenters. The number of rotatable bonds is 1. The van der Waals surface area contributed by atoms with Crippen LogP contribution in [0, 0.1) is 0 Å². The molecule has 0 radical (unpaired) electrons. The lowest BCUT2D eigenvalue weighted by Gasteiger charge is -1.99. The number of hydrogen-bond donors (Lipinski definition) is 1. The molecule has 0 spiro atoms. The van der Waals surface area contributed by atoms with Gasteiger partial charge in [-0.15, -0.1) is 16.4 Å². The van der Waals surface area contributed by atoms with Crippen molar-refractivity contribution in [1.29, 1.82) is 0 Å². The monoisotopic (exact) mass is 219 g/mol. The number of thiophene rings is 1. The fraction of sp³-hybridized carbons (Fsp3) is 0. The zero-order valence-electron chi connectivity index (χ0n) is 7.40. The van der Waals surface area contributed by atoms with Gasteiger partial charge < -0.3 is 5.73 Å². The van der Waals surface area contributed by atoms with Crippen LogP contribution in [0.2, 0.25) is 0 Å². The van der Waals surface area contributed by atoms with Crippen LogP contribution in [-0.2, 0) is 0 Å². The number of nitrogens with zero attached hydrogens (tertiary/aromatic N) is 6. The largest absolute Gasteiger partial charge is 0.382 e. The summed E-state index contributed by atoms with van der Waals surface area (Å²) in [4.78, 5) is 4.98. The topological polar surface area (TPSA) is 94.9 Å². The van der Waals surface area contributed by atoms with Gasteiger partial charge in [-0.2, -0.15) is 4.98 Å². The molecule has 0 aromatic carbocycles. The number of fused-ring (bicyclic) bond motifs is 1. The van der Waals surface area contributed by atoms with Crippen molar-refractivity contribution in [3.8, 4) is 10.6 Å². The summed E-state index contributed by atoms with van der Waals surface area (Å²) >= 11 is 1.54. The zero-order chi connectivity index (χ0) is 10.3. The van der Waals surface area contributed by atoms with Crippen LogP contribution >= 0.6 is 11.3 Å². The second-order valence-electron chi connectivity index (χ2n) is 2.79. The fourth-order valence-corrected chi connectivity index (χ4v) is 1.92. The van der Waals surface area contributed by atoms with E-state index in [4.69, 9.17) is 5.73 Å². The van der Waals surface area contributed by atoms with Crippen molar-refractivity contribution in [2.24, 2.45) is 0 Å². The Labute approximate surface area is 87.6 Å². The third kappa shape index (κ3) is 1.22. The summed E-state index contributed by atoms with van der Waals surface area (Å²) in [5.41, 5.74) is 6.36. The molecular weight excluding hydrogens is 214 g/mol. The van der Waals surface area contributed by atoms with E-state index >= 15 is 0 Å². The van der Waals surface area contributed by atoms with Gasteiger partial charge in [0.25, 0.3) is 5.78 Å². The molecule has 0 aliphatic carbocycles. The second-order valence-corrected chi connectivity index (χ2v) is 3.74. The Morgan fingerprint density at radius 1 is 1.40 bits per heavy atom. The minimum Gasteiger partial charge on any atom is -0.382 e. The summed E-state index contributed by atoms with van der Waals surface area (Å²) in [5, 5.41) is 16.9. The standard InChI is InChI=1S/C7H5N7S/c8-6-5(4-2-1-3-15-4)11-14-7(9-6)10-12-13-14/h1-3H,(H2,8,9,10,13). The van der Waals surface area contributed by atoms with Crippen molar-refractivity contribution in [1.82, 2.24) is 30.2 Å². The van der Waals surface area contributed by atoms with E-state index in [2.05, 4.69) is 25.6 Å². The van der Waals surface area contributed by atoms with Crippen molar-refractivity contribution in [2.75, 3.05) is 5.73 Å². The van der Waals surface area contributed by atoms with Gasteiger partial charge in [-0.1, -0.05) is 15.8 Å². The predicted octanol–water partition coefficient (Wildman–Crippen LogP) is 0.225. The molecule has 0 amide bonds. The maximum Gasteiger partial charge on any atom is 0.293 e. The molecule has 0 bridgehead atoms. The van der Waals surface area contributed by atoms with Crippen molar-refractivity contribution in [3.63, 3.8) is 0 Å². The van der Waals surface area contributed by atoms with Crippen LogP contribution in [0.5, 0.6) is 0 Å². The Morgan fingerprint density at radius 3 is 3.13 bits per heavy atom. The summed E-state index contributed by atoms with van der Waals surface area (Å²) in [5.74, 6) is 0.632. The summed E-state index contributed by atoms with van der Waals surface area (Å²) in [6, 6.07) is 3.84. The van der Waals surface area contributed by atoms with Crippen molar-refractivity contribution in [3.05, 3.63) is 17.5 Å². The van der Waals surface area contributed by atoms with Gasteiger partial charge >= 0.3 is 0 Å². The summed E-state index contributed by atoms with van der Waals surface area (Å²) < 4.78 is 1.26. The molecule has 0 unspecified atom stereocenters. The fourth-order valence-electron chi connectivity index (χ4n) is 1.21. The minimum atomic E-state index is 0.299. The van der Waals surface area contributed by atoms with Crippen molar-refractivity contribution >= 4 is 22.9 Å². The number of nitrogens with two attached hydrogens (primary N) is 1. The van der Waals surface area contributed by atoms with E-state index in [9.17, 15) is 0 Å². The molecule has 2 N–H and O–H groups in total. The lowest BCUT2D eigenvalue weighted by molar-refractivity contribution is 0.731. The van der Waals surface area contributed by atoms with E-state index in [-0.39, 0.29) is 0 Å². The number of nitrogen functional groups attached to an aromatic ring is 1. The summed E-state index contributed by atoms with van der Waals surface area (Å²) in [6.07, 6.45) is 0. The number of hydrogen-bond acceptors (Lipinski definition) is 7. The SMILES string of the molecule is Nc1nc2nnnn2nc1-c1cccs1. The van der Waals surface area contributed by atoms with Crippen LogP contribution in [-0.4, -0.2) is 30.2 Å². The van der Waals surface area contributed by atoms with Crippen molar-refractivity contribution in [2.45, 2.75) is 0 Å². The molecule has 8 heteroatoms. The highest BCUT2D eigenvalue weighted by Crippen LogP contribution is 2.25.